The van der Waals surface area contributed by atoms with Crippen molar-refractivity contribution >= 4 is 38.6 Å². The molecule has 1 aliphatic heterocycles. The van der Waals surface area contributed by atoms with Crippen LogP contribution in [0.3, 0.4) is 0 Å². The van der Waals surface area contributed by atoms with Gasteiger partial charge in [-0.05, 0) is 47.7 Å². The maximum absolute atomic E-state index is 13.3. The van der Waals surface area contributed by atoms with Crippen LogP contribution in [0.25, 0.3) is 0 Å². The minimum absolute atomic E-state index is 0.0785. The van der Waals surface area contributed by atoms with Crippen LogP contribution in [0.5, 0.6) is 0 Å². The first-order valence-electron chi connectivity index (χ1n) is 10.3. The van der Waals surface area contributed by atoms with Gasteiger partial charge in [0.1, 0.15) is 9.77 Å². The number of aryl methyl sites for hydroxylation is 1. The van der Waals surface area contributed by atoms with E-state index in [-0.39, 0.29) is 9.77 Å². The zero-order valence-electron chi connectivity index (χ0n) is 17.3. The van der Waals surface area contributed by atoms with Crippen LogP contribution < -0.4 is 10.2 Å². The van der Waals surface area contributed by atoms with E-state index in [9.17, 15) is 13.2 Å². The number of nitrogens with zero attached hydrogens (tertiary/aromatic N) is 2. The van der Waals surface area contributed by atoms with Crippen LogP contribution in [0.2, 0.25) is 0 Å². The molecular formula is C23H25N3O3S2. The third kappa shape index (κ3) is 4.66. The van der Waals surface area contributed by atoms with E-state index in [1.165, 1.54) is 10.4 Å². The predicted molar refractivity (Wildman–Crippen MR) is 126 cm³/mol. The standard InChI is InChI=1S/C23H25N3O3S2/c1-2-18-7-6-8-19(17-18)24-23(27)22-21(11-16-30-22)31(28,29)26-14-12-25(13-15-26)20-9-4-3-5-10-20/h3-11,16-17H,2,12-15H2,1H3,(H,24,27). The number of piperazine rings is 1. The Morgan fingerprint density at radius 2 is 1.74 bits per heavy atom. The molecule has 0 aliphatic carbocycles. The summed E-state index contributed by atoms with van der Waals surface area (Å²) in [6, 6.07) is 19.1. The number of amides is 1. The summed E-state index contributed by atoms with van der Waals surface area (Å²) >= 11 is 1.15. The number of para-hydroxylation sites is 1. The van der Waals surface area contributed by atoms with Gasteiger partial charge in [-0.1, -0.05) is 37.3 Å². The molecule has 8 heteroatoms. The number of nitrogens with one attached hydrogen (secondary N) is 1. The van der Waals surface area contributed by atoms with Crippen molar-refractivity contribution in [1.29, 1.82) is 0 Å². The zero-order valence-corrected chi connectivity index (χ0v) is 19.0. The van der Waals surface area contributed by atoms with Crippen LogP contribution in [0.15, 0.2) is 70.9 Å². The van der Waals surface area contributed by atoms with Crippen LogP contribution in [0, 0.1) is 0 Å². The Hall–Kier alpha value is -2.68. The molecule has 162 valence electrons. The van der Waals surface area contributed by atoms with Gasteiger partial charge in [0.15, 0.2) is 0 Å². The normalized spacial score (nSPS) is 15.1. The van der Waals surface area contributed by atoms with Gasteiger partial charge in [-0.2, -0.15) is 4.31 Å². The molecule has 6 nitrogen and oxygen atoms in total. The highest BCUT2D eigenvalue weighted by atomic mass is 32.2. The zero-order chi connectivity index (χ0) is 21.8. The van der Waals surface area contributed by atoms with Gasteiger partial charge in [0, 0.05) is 37.6 Å². The maximum Gasteiger partial charge on any atom is 0.267 e. The first-order chi connectivity index (χ1) is 15.0. The molecule has 0 radical (unpaired) electrons. The second-order valence-corrected chi connectivity index (χ2v) is 10.2. The molecule has 31 heavy (non-hydrogen) atoms. The lowest BCUT2D eigenvalue weighted by molar-refractivity contribution is 0.102. The van der Waals surface area contributed by atoms with E-state index in [4.69, 9.17) is 0 Å². The van der Waals surface area contributed by atoms with Crippen LogP contribution in [-0.4, -0.2) is 44.8 Å². The summed E-state index contributed by atoms with van der Waals surface area (Å²) in [5.41, 5.74) is 2.86. The topological polar surface area (TPSA) is 69.7 Å². The van der Waals surface area contributed by atoms with Gasteiger partial charge in [0.25, 0.3) is 5.91 Å². The fourth-order valence-corrected chi connectivity index (χ4v) is 6.41. The number of hydrogen-bond acceptors (Lipinski definition) is 5. The molecule has 2 aromatic carbocycles. The van der Waals surface area contributed by atoms with Gasteiger partial charge in [-0.15, -0.1) is 11.3 Å². The summed E-state index contributed by atoms with van der Waals surface area (Å²) < 4.78 is 28.1. The number of anilines is 2. The van der Waals surface area contributed by atoms with Crippen LogP contribution in [0.4, 0.5) is 11.4 Å². The smallest absolute Gasteiger partial charge is 0.267 e. The Morgan fingerprint density at radius 1 is 1.00 bits per heavy atom. The van der Waals surface area contributed by atoms with Crippen molar-refractivity contribution in [2.45, 2.75) is 18.2 Å². The van der Waals surface area contributed by atoms with E-state index >= 15 is 0 Å². The fraction of sp³-hybridized carbons (Fsp3) is 0.261. The maximum atomic E-state index is 13.3. The summed E-state index contributed by atoms with van der Waals surface area (Å²) in [4.78, 5) is 15.3. The molecule has 3 aromatic rings. The van der Waals surface area contributed by atoms with Crippen LogP contribution >= 0.6 is 11.3 Å². The average Bonchev–Trinajstić information content (AvgIpc) is 3.31. The van der Waals surface area contributed by atoms with Gasteiger partial charge in [-0.25, -0.2) is 8.42 Å². The van der Waals surface area contributed by atoms with E-state index in [2.05, 4.69) is 10.2 Å². The van der Waals surface area contributed by atoms with Gasteiger partial charge < -0.3 is 10.2 Å². The van der Waals surface area contributed by atoms with Crippen LogP contribution in [-0.2, 0) is 16.4 Å². The molecule has 1 aromatic heterocycles. The van der Waals surface area contributed by atoms with Gasteiger partial charge in [-0.3, -0.25) is 4.79 Å². The SMILES string of the molecule is CCc1cccc(NC(=O)c2sccc2S(=O)(=O)N2CCN(c3ccccc3)CC2)c1. The molecular weight excluding hydrogens is 430 g/mol. The van der Waals surface area contributed by atoms with Crippen molar-refractivity contribution in [2.75, 3.05) is 36.4 Å². The molecule has 1 N–H and O–H groups in total. The fourth-order valence-electron chi connectivity index (χ4n) is 3.69. The highest BCUT2D eigenvalue weighted by molar-refractivity contribution is 7.89. The summed E-state index contributed by atoms with van der Waals surface area (Å²) in [5.74, 6) is -0.398. The molecule has 2 heterocycles. The number of sulfonamides is 1. The summed E-state index contributed by atoms with van der Waals surface area (Å²) in [6.07, 6.45) is 0.858. The van der Waals surface area contributed by atoms with E-state index in [1.54, 1.807) is 5.38 Å². The van der Waals surface area contributed by atoms with Crippen molar-refractivity contribution in [3.63, 3.8) is 0 Å². The quantitative estimate of drug-likeness (QED) is 0.608. The summed E-state index contributed by atoms with van der Waals surface area (Å²) in [7, 11) is -3.75. The van der Waals surface area contributed by atoms with Gasteiger partial charge in [0.2, 0.25) is 10.0 Å². The number of thiophene rings is 1. The van der Waals surface area contributed by atoms with E-state index in [0.717, 1.165) is 29.0 Å². The molecule has 1 fully saturated rings. The van der Waals surface area contributed by atoms with Crippen LogP contribution in [0.1, 0.15) is 22.2 Å². The molecule has 0 bridgehead atoms. The van der Waals surface area contributed by atoms with Gasteiger partial charge >= 0.3 is 0 Å². The van der Waals surface area contributed by atoms with Crippen molar-refractivity contribution in [3.8, 4) is 0 Å². The monoisotopic (exact) mass is 455 g/mol. The predicted octanol–water partition coefficient (Wildman–Crippen LogP) is 4.07. The first-order valence-corrected chi connectivity index (χ1v) is 12.6. The lowest BCUT2D eigenvalue weighted by atomic mass is 10.1. The highest BCUT2D eigenvalue weighted by Crippen LogP contribution is 2.28. The molecule has 1 amide bonds. The Balaban J connectivity index is 1.48. The number of benzene rings is 2. The number of carbonyl (C=O) groups is 1. The Morgan fingerprint density at radius 3 is 2.45 bits per heavy atom. The minimum Gasteiger partial charge on any atom is -0.369 e. The number of rotatable bonds is 6. The molecule has 0 saturated carbocycles. The van der Waals surface area contributed by atoms with Crippen molar-refractivity contribution < 1.29 is 13.2 Å². The highest BCUT2D eigenvalue weighted by Gasteiger charge is 2.32. The van der Waals surface area contributed by atoms with Crippen molar-refractivity contribution in [3.05, 3.63) is 76.5 Å². The van der Waals surface area contributed by atoms with E-state index in [0.29, 0.717) is 31.9 Å². The average molecular weight is 456 g/mol. The molecule has 0 atom stereocenters. The lowest BCUT2D eigenvalue weighted by Gasteiger charge is -2.35. The Bertz CT molecular complexity index is 1150. The molecule has 0 unspecified atom stereocenters. The van der Waals surface area contributed by atoms with Crippen molar-refractivity contribution in [2.24, 2.45) is 0 Å². The Kier molecular flexibility index (Phi) is 6.41. The summed E-state index contributed by atoms with van der Waals surface area (Å²) in [5, 5.41) is 4.50. The molecule has 4 rings (SSSR count). The third-order valence-electron chi connectivity index (χ3n) is 5.41. The number of hydrogen-bond donors (Lipinski definition) is 1. The second kappa shape index (κ2) is 9.21. The molecule has 1 aliphatic rings. The van der Waals surface area contributed by atoms with Gasteiger partial charge in [0.05, 0.1) is 0 Å². The lowest BCUT2D eigenvalue weighted by Crippen LogP contribution is -2.48. The Labute approximate surface area is 187 Å². The second-order valence-electron chi connectivity index (χ2n) is 7.35. The summed E-state index contributed by atoms with van der Waals surface area (Å²) in [6.45, 7) is 4.03. The van der Waals surface area contributed by atoms with E-state index < -0.39 is 15.9 Å². The largest absolute Gasteiger partial charge is 0.369 e. The minimum atomic E-state index is -3.75. The third-order valence-corrected chi connectivity index (χ3v) is 8.39. The molecule has 0 spiro atoms. The molecule has 1 saturated heterocycles. The van der Waals surface area contributed by atoms with E-state index in [1.807, 2.05) is 61.5 Å². The first kappa shape index (κ1) is 21.5. The van der Waals surface area contributed by atoms with Crippen molar-refractivity contribution in [1.82, 2.24) is 4.31 Å². The number of carbonyl (C=O) groups excluding carboxylic acids is 1.